The zero-order valence-corrected chi connectivity index (χ0v) is 14.1. The number of nitrogens with one attached hydrogen (secondary N) is 2. The maximum atomic E-state index is 11.8. The predicted molar refractivity (Wildman–Crippen MR) is 89.7 cm³/mol. The summed E-state index contributed by atoms with van der Waals surface area (Å²) >= 11 is 2.25. The van der Waals surface area contributed by atoms with Crippen molar-refractivity contribution in [1.82, 2.24) is 5.32 Å². The van der Waals surface area contributed by atoms with Crippen LogP contribution in [0.2, 0.25) is 0 Å². The second-order valence-electron chi connectivity index (χ2n) is 4.80. The number of amides is 2. The van der Waals surface area contributed by atoms with Crippen molar-refractivity contribution in [1.29, 1.82) is 0 Å². The van der Waals surface area contributed by atoms with Gasteiger partial charge in [0.2, 0.25) is 11.8 Å². The van der Waals surface area contributed by atoms with Gasteiger partial charge in [0.05, 0.1) is 0 Å². The van der Waals surface area contributed by atoms with Crippen molar-refractivity contribution in [2.45, 2.75) is 39.5 Å². The van der Waals surface area contributed by atoms with Crippen LogP contribution in [-0.4, -0.2) is 18.4 Å². The number of aryl methyl sites for hydroxylation is 1. The largest absolute Gasteiger partial charge is 0.356 e. The van der Waals surface area contributed by atoms with Crippen LogP contribution >= 0.6 is 22.6 Å². The number of carbonyl (C=O) groups is 2. The van der Waals surface area contributed by atoms with Crippen LogP contribution < -0.4 is 10.6 Å². The number of rotatable bonds is 7. The van der Waals surface area contributed by atoms with E-state index in [0.717, 1.165) is 34.1 Å². The Morgan fingerprint density at radius 1 is 1.20 bits per heavy atom. The van der Waals surface area contributed by atoms with E-state index in [4.69, 9.17) is 0 Å². The van der Waals surface area contributed by atoms with E-state index in [0.29, 0.717) is 13.0 Å². The molecular formula is C15H21IN2O2. The molecule has 0 aliphatic carbocycles. The van der Waals surface area contributed by atoms with Gasteiger partial charge in [0, 0.05) is 29.1 Å². The zero-order chi connectivity index (χ0) is 15.0. The Hall–Kier alpha value is -1.11. The van der Waals surface area contributed by atoms with Gasteiger partial charge in [0.15, 0.2) is 0 Å². The molecule has 0 radical (unpaired) electrons. The van der Waals surface area contributed by atoms with Gasteiger partial charge in [-0.25, -0.2) is 0 Å². The normalized spacial score (nSPS) is 10.2. The fourth-order valence-electron chi connectivity index (χ4n) is 1.83. The monoisotopic (exact) mass is 388 g/mol. The van der Waals surface area contributed by atoms with Crippen molar-refractivity contribution in [3.63, 3.8) is 0 Å². The predicted octanol–water partition coefficient (Wildman–Crippen LogP) is 3.23. The van der Waals surface area contributed by atoms with Gasteiger partial charge in [-0.3, -0.25) is 9.59 Å². The molecule has 1 aromatic rings. The molecule has 0 saturated heterocycles. The minimum Gasteiger partial charge on any atom is -0.356 e. The van der Waals surface area contributed by atoms with Crippen molar-refractivity contribution in [3.05, 3.63) is 27.3 Å². The van der Waals surface area contributed by atoms with E-state index < -0.39 is 0 Å². The number of unbranched alkanes of at least 4 members (excludes halogenated alkanes) is 2. The highest BCUT2D eigenvalue weighted by Gasteiger charge is 2.05. The molecule has 0 spiro atoms. The smallest absolute Gasteiger partial charge is 0.224 e. The molecule has 0 saturated carbocycles. The quantitative estimate of drug-likeness (QED) is 0.557. The molecule has 0 aliphatic heterocycles. The highest BCUT2D eigenvalue weighted by Crippen LogP contribution is 2.18. The van der Waals surface area contributed by atoms with E-state index >= 15 is 0 Å². The molecular weight excluding hydrogens is 367 g/mol. The lowest BCUT2D eigenvalue weighted by molar-refractivity contribution is -0.119. The van der Waals surface area contributed by atoms with Crippen molar-refractivity contribution in [2.24, 2.45) is 0 Å². The first-order chi connectivity index (χ1) is 9.49. The zero-order valence-electron chi connectivity index (χ0n) is 12.0. The van der Waals surface area contributed by atoms with E-state index in [1.54, 1.807) is 0 Å². The van der Waals surface area contributed by atoms with Crippen molar-refractivity contribution in [3.8, 4) is 0 Å². The van der Waals surface area contributed by atoms with Gasteiger partial charge in [-0.05, 0) is 66.1 Å². The van der Waals surface area contributed by atoms with Crippen molar-refractivity contribution < 1.29 is 9.59 Å². The number of halogens is 1. The maximum Gasteiger partial charge on any atom is 0.224 e. The second-order valence-corrected chi connectivity index (χ2v) is 6.05. The molecule has 0 fully saturated rings. The summed E-state index contributed by atoms with van der Waals surface area (Å²) in [5.74, 6) is 0.0470. The van der Waals surface area contributed by atoms with Gasteiger partial charge < -0.3 is 10.6 Å². The first-order valence-corrected chi connectivity index (χ1v) is 7.87. The minimum absolute atomic E-state index is 0.00284. The molecule has 0 atom stereocenters. The van der Waals surface area contributed by atoms with E-state index in [1.165, 1.54) is 6.92 Å². The van der Waals surface area contributed by atoms with Gasteiger partial charge in [0.25, 0.3) is 0 Å². The van der Waals surface area contributed by atoms with Crippen LogP contribution in [0, 0.1) is 10.5 Å². The van der Waals surface area contributed by atoms with Gasteiger partial charge >= 0.3 is 0 Å². The second kappa shape index (κ2) is 8.94. The molecule has 0 bridgehead atoms. The topological polar surface area (TPSA) is 58.2 Å². The van der Waals surface area contributed by atoms with E-state index in [9.17, 15) is 9.59 Å². The van der Waals surface area contributed by atoms with Crippen LogP contribution in [0.4, 0.5) is 5.69 Å². The Balaban J connectivity index is 2.22. The van der Waals surface area contributed by atoms with E-state index in [1.807, 2.05) is 25.1 Å². The Kier molecular flexibility index (Phi) is 7.58. The molecule has 2 N–H and O–H groups in total. The minimum atomic E-state index is -0.00284. The Morgan fingerprint density at radius 2 is 1.95 bits per heavy atom. The third-order valence-corrected chi connectivity index (χ3v) is 3.59. The molecule has 2 amide bonds. The molecule has 5 heteroatoms. The molecule has 1 rings (SSSR count). The highest BCUT2D eigenvalue weighted by molar-refractivity contribution is 14.1. The van der Waals surface area contributed by atoms with Gasteiger partial charge in [-0.2, -0.15) is 0 Å². The number of benzene rings is 1. The van der Waals surface area contributed by atoms with Crippen molar-refractivity contribution >= 4 is 40.1 Å². The van der Waals surface area contributed by atoms with Crippen LogP contribution in [0.3, 0.4) is 0 Å². The first-order valence-electron chi connectivity index (χ1n) is 6.79. The molecule has 20 heavy (non-hydrogen) atoms. The number of anilines is 1. The lowest BCUT2D eigenvalue weighted by Crippen LogP contribution is -2.20. The third kappa shape index (κ3) is 6.88. The van der Waals surface area contributed by atoms with Crippen LogP contribution in [0.5, 0.6) is 0 Å². The fraction of sp³-hybridized carbons (Fsp3) is 0.467. The van der Waals surface area contributed by atoms with Gasteiger partial charge in [0.1, 0.15) is 0 Å². The van der Waals surface area contributed by atoms with Crippen LogP contribution in [0.15, 0.2) is 18.2 Å². The van der Waals surface area contributed by atoms with Gasteiger partial charge in [-0.15, -0.1) is 0 Å². The standard InChI is InChI=1S/C15H21IN2O2/c1-11-10-13(16)7-8-14(11)18-15(20)6-4-3-5-9-17-12(2)19/h7-8,10H,3-6,9H2,1-2H3,(H,17,19)(H,18,20). The molecule has 110 valence electrons. The number of hydrogen-bond donors (Lipinski definition) is 2. The summed E-state index contributed by atoms with van der Waals surface area (Å²) in [5, 5.41) is 5.68. The molecule has 0 aromatic heterocycles. The maximum absolute atomic E-state index is 11.8. The average Bonchev–Trinajstić information content (AvgIpc) is 2.36. The number of carbonyl (C=O) groups excluding carboxylic acids is 2. The fourth-order valence-corrected chi connectivity index (χ4v) is 2.48. The Bertz CT molecular complexity index is 475. The summed E-state index contributed by atoms with van der Waals surface area (Å²) in [6.07, 6.45) is 3.22. The molecule has 0 aliphatic rings. The van der Waals surface area contributed by atoms with Crippen LogP contribution in [0.1, 0.15) is 38.2 Å². The Morgan fingerprint density at radius 3 is 2.60 bits per heavy atom. The first kappa shape index (κ1) is 16.9. The van der Waals surface area contributed by atoms with Crippen LogP contribution in [0.25, 0.3) is 0 Å². The summed E-state index contributed by atoms with van der Waals surface area (Å²) in [5.41, 5.74) is 1.96. The average molecular weight is 388 g/mol. The van der Waals surface area contributed by atoms with Crippen LogP contribution in [-0.2, 0) is 9.59 Å². The van der Waals surface area contributed by atoms with Crippen molar-refractivity contribution in [2.75, 3.05) is 11.9 Å². The summed E-state index contributed by atoms with van der Waals surface area (Å²) < 4.78 is 1.16. The lowest BCUT2D eigenvalue weighted by atomic mass is 10.1. The Labute approximate surface area is 133 Å². The van der Waals surface area contributed by atoms with Gasteiger partial charge in [-0.1, -0.05) is 6.42 Å². The third-order valence-electron chi connectivity index (χ3n) is 2.92. The summed E-state index contributed by atoms with van der Waals surface area (Å²) in [6, 6.07) is 5.96. The number of hydrogen-bond acceptors (Lipinski definition) is 2. The SMILES string of the molecule is CC(=O)NCCCCCC(=O)Nc1ccc(I)cc1C. The molecule has 4 nitrogen and oxygen atoms in total. The highest BCUT2D eigenvalue weighted by atomic mass is 127. The summed E-state index contributed by atoms with van der Waals surface area (Å²) in [7, 11) is 0. The lowest BCUT2D eigenvalue weighted by Gasteiger charge is -2.08. The molecule has 1 aromatic carbocycles. The van der Waals surface area contributed by atoms with E-state index in [2.05, 4.69) is 33.2 Å². The molecule has 0 heterocycles. The summed E-state index contributed by atoms with van der Waals surface area (Å²) in [4.78, 5) is 22.5. The molecule has 0 unspecified atom stereocenters. The summed E-state index contributed by atoms with van der Waals surface area (Å²) in [6.45, 7) is 4.19. The van der Waals surface area contributed by atoms with E-state index in [-0.39, 0.29) is 11.8 Å².